The van der Waals surface area contributed by atoms with E-state index in [0.717, 1.165) is 10.9 Å². The van der Waals surface area contributed by atoms with Crippen molar-refractivity contribution in [3.63, 3.8) is 0 Å². The van der Waals surface area contributed by atoms with E-state index < -0.39 is 10.0 Å². The second kappa shape index (κ2) is 7.09. The topological polar surface area (TPSA) is 86.8 Å². The number of nitrogens with one attached hydrogen (secondary N) is 1. The summed E-state index contributed by atoms with van der Waals surface area (Å²) >= 11 is 0. The van der Waals surface area contributed by atoms with Gasteiger partial charge in [0.15, 0.2) is 0 Å². The van der Waals surface area contributed by atoms with Gasteiger partial charge in [-0.25, -0.2) is 8.42 Å². The van der Waals surface area contributed by atoms with E-state index >= 15 is 0 Å². The number of hydrogen-bond donors (Lipinski definition) is 1. The number of benzene rings is 2. The van der Waals surface area contributed by atoms with Crippen LogP contribution in [0.15, 0.2) is 53.6 Å². The second-order valence-corrected chi connectivity index (χ2v) is 7.06. The van der Waals surface area contributed by atoms with Crippen molar-refractivity contribution in [2.75, 3.05) is 26.1 Å². The van der Waals surface area contributed by atoms with Gasteiger partial charge in [-0.1, -0.05) is 0 Å². The number of anilines is 1. The van der Waals surface area contributed by atoms with E-state index in [2.05, 4.69) is 9.71 Å². The van der Waals surface area contributed by atoms with E-state index in [1.807, 2.05) is 0 Å². The normalized spacial score (nSPS) is 11.2. The van der Waals surface area contributed by atoms with Gasteiger partial charge < -0.3 is 14.2 Å². The van der Waals surface area contributed by atoms with Crippen molar-refractivity contribution >= 4 is 26.6 Å². The van der Waals surface area contributed by atoms with Gasteiger partial charge in [-0.2, -0.15) is 0 Å². The van der Waals surface area contributed by atoms with Crippen LogP contribution < -0.4 is 18.9 Å². The summed E-state index contributed by atoms with van der Waals surface area (Å²) in [4.78, 5) is 4.25. The number of sulfonamides is 1. The summed E-state index contributed by atoms with van der Waals surface area (Å²) in [5.74, 6) is 1.29. The lowest BCUT2D eigenvalue weighted by Gasteiger charge is -2.13. The zero-order valence-corrected chi connectivity index (χ0v) is 15.3. The average molecular weight is 374 g/mol. The molecule has 0 radical (unpaired) electrons. The van der Waals surface area contributed by atoms with E-state index in [1.165, 1.54) is 32.5 Å². The average Bonchev–Trinajstić information content (AvgIpc) is 2.66. The predicted molar refractivity (Wildman–Crippen MR) is 98.6 cm³/mol. The minimum absolute atomic E-state index is 0.0231. The zero-order chi connectivity index (χ0) is 18.7. The Balaban J connectivity index is 2.00. The third-order valence-electron chi connectivity index (χ3n) is 3.80. The molecule has 0 atom stereocenters. The minimum Gasteiger partial charge on any atom is -0.497 e. The van der Waals surface area contributed by atoms with Crippen molar-refractivity contribution in [2.45, 2.75) is 4.90 Å². The number of hydrogen-bond acceptors (Lipinski definition) is 6. The predicted octanol–water partition coefficient (Wildman–Crippen LogP) is 3.06. The fraction of sp³-hybridized carbons (Fsp3) is 0.167. The van der Waals surface area contributed by atoms with Gasteiger partial charge in [-0.15, -0.1) is 0 Å². The van der Waals surface area contributed by atoms with Crippen molar-refractivity contribution < 1.29 is 22.6 Å². The van der Waals surface area contributed by atoms with E-state index in [0.29, 0.717) is 17.2 Å². The Morgan fingerprint density at radius 1 is 0.885 bits per heavy atom. The monoisotopic (exact) mass is 374 g/mol. The Kier molecular flexibility index (Phi) is 4.85. The van der Waals surface area contributed by atoms with Crippen LogP contribution in [0.5, 0.6) is 17.2 Å². The van der Waals surface area contributed by atoms with Crippen LogP contribution in [0.2, 0.25) is 0 Å². The molecule has 0 amide bonds. The maximum atomic E-state index is 12.8. The summed E-state index contributed by atoms with van der Waals surface area (Å²) in [6.07, 6.45) is 1.46. The third-order valence-corrected chi connectivity index (χ3v) is 5.20. The summed E-state index contributed by atoms with van der Waals surface area (Å²) in [6.45, 7) is 0. The van der Waals surface area contributed by atoms with Crippen molar-refractivity contribution in [1.82, 2.24) is 4.98 Å². The standard InChI is InChI=1S/C18H18N2O5S/c1-23-14-4-6-16-12(9-14)8-13(11-19-16)20-26(21,22)18-10-15(24-2)5-7-17(18)25-3/h4-11,20H,1-3H3. The molecule has 0 saturated carbocycles. The number of methoxy groups -OCH3 is 3. The number of pyridine rings is 1. The van der Waals surface area contributed by atoms with Crippen molar-refractivity contribution in [1.29, 1.82) is 0 Å². The number of rotatable bonds is 6. The number of fused-ring (bicyclic) bond motifs is 1. The van der Waals surface area contributed by atoms with Gasteiger partial charge in [-0.05, 0) is 36.4 Å². The summed E-state index contributed by atoms with van der Waals surface area (Å²) < 4.78 is 43.6. The SMILES string of the molecule is COc1ccc(OC)c(S(=O)(=O)Nc2cnc3ccc(OC)cc3c2)c1. The van der Waals surface area contributed by atoms with Crippen LogP contribution in [-0.4, -0.2) is 34.7 Å². The lowest BCUT2D eigenvalue weighted by atomic mass is 10.2. The Labute approximate surface area is 151 Å². The molecule has 1 heterocycles. The Hall–Kier alpha value is -3.00. The Bertz CT molecular complexity index is 1050. The largest absolute Gasteiger partial charge is 0.497 e. The summed E-state index contributed by atoms with van der Waals surface area (Å²) in [5, 5.41) is 0.752. The van der Waals surface area contributed by atoms with Gasteiger partial charge in [0.1, 0.15) is 22.1 Å². The molecule has 0 unspecified atom stereocenters. The molecule has 136 valence electrons. The molecular formula is C18H18N2O5S. The molecule has 0 spiro atoms. The Morgan fingerprint density at radius 3 is 2.27 bits per heavy atom. The van der Waals surface area contributed by atoms with Gasteiger partial charge in [0.2, 0.25) is 0 Å². The molecular weight excluding hydrogens is 356 g/mol. The summed E-state index contributed by atoms with van der Waals surface area (Å²) in [5.41, 5.74) is 1.06. The van der Waals surface area contributed by atoms with Gasteiger partial charge in [0.05, 0.1) is 38.7 Å². The quantitative estimate of drug-likeness (QED) is 0.714. The molecule has 26 heavy (non-hydrogen) atoms. The first-order chi connectivity index (χ1) is 12.5. The molecule has 0 saturated heterocycles. The van der Waals surface area contributed by atoms with Gasteiger partial charge in [-0.3, -0.25) is 9.71 Å². The lowest BCUT2D eigenvalue weighted by Crippen LogP contribution is -2.14. The van der Waals surface area contributed by atoms with Crippen molar-refractivity contribution in [3.8, 4) is 17.2 Å². The molecule has 7 nitrogen and oxygen atoms in total. The summed E-state index contributed by atoms with van der Waals surface area (Å²) in [7, 11) is 0.538. The van der Waals surface area contributed by atoms with Crippen LogP contribution in [-0.2, 0) is 10.0 Å². The number of aromatic nitrogens is 1. The van der Waals surface area contributed by atoms with E-state index in [4.69, 9.17) is 14.2 Å². The van der Waals surface area contributed by atoms with Gasteiger partial charge in [0.25, 0.3) is 10.0 Å². The highest BCUT2D eigenvalue weighted by Gasteiger charge is 2.21. The summed E-state index contributed by atoms with van der Waals surface area (Å²) in [6, 6.07) is 11.6. The molecule has 0 fully saturated rings. The van der Waals surface area contributed by atoms with Crippen molar-refractivity contribution in [2.24, 2.45) is 0 Å². The molecule has 2 aromatic carbocycles. The van der Waals surface area contributed by atoms with E-state index in [1.54, 1.807) is 37.4 Å². The number of nitrogens with zero attached hydrogens (tertiary/aromatic N) is 1. The number of ether oxygens (including phenoxy) is 3. The maximum absolute atomic E-state index is 12.8. The smallest absolute Gasteiger partial charge is 0.265 e. The molecule has 0 bridgehead atoms. The fourth-order valence-corrected chi connectivity index (χ4v) is 3.72. The molecule has 8 heteroatoms. The second-order valence-electron chi connectivity index (χ2n) is 5.40. The van der Waals surface area contributed by atoms with Gasteiger partial charge >= 0.3 is 0 Å². The van der Waals surface area contributed by atoms with Crippen LogP contribution in [0.25, 0.3) is 10.9 Å². The van der Waals surface area contributed by atoms with Crippen LogP contribution in [0.3, 0.4) is 0 Å². The first-order valence-corrected chi connectivity index (χ1v) is 9.14. The highest BCUT2D eigenvalue weighted by Crippen LogP contribution is 2.30. The minimum atomic E-state index is -3.90. The molecule has 0 aliphatic rings. The highest BCUT2D eigenvalue weighted by molar-refractivity contribution is 7.92. The molecule has 0 aliphatic carbocycles. The van der Waals surface area contributed by atoms with E-state index in [9.17, 15) is 8.42 Å². The first kappa shape index (κ1) is 17.8. The third kappa shape index (κ3) is 3.50. The molecule has 3 aromatic rings. The van der Waals surface area contributed by atoms with Crippen LogP contribution in [0.1, 0.15) is 0 Å². The van der Waals surface area contributed by atoms with Crippen molar-refractivity contribution in [3.05, 3.63) is 48.7 Å². The molecule has 1 aromatic heterocycles. The molecule has 0 aliphatic heterocycles. The van der Waals surface area contributed by atoms with Crippen LogP contribution in [0.4, 0.5) is 5.69 Å². The fourth-order valence-electron chi connectivity index (χ4n) is 2.50. The lowest BCUT2D eigenvalue weighted by molar-refractivity contribution is 0.392. The van der Waals surface area contributed by atoms with Crippen LogP contribution >= 0.6 is 0 Å². The van der Waals surface area contributed by atoms with Crippen LogP contribution in [0, 0.1) is 0 Å². The molecule has 3 rings (SSSR count). The van der Waals surface area contributed by atoms with E-state index in [-0.39, 0.29) is 10.6 Å². The Morgan fingerprint density at radius 2 is 1.58 bits per heavy atom. The maximum Gasteiger partial charge on any atom is 0.265 e. The zero-order valence-electron chi connectivity index (χ0n) is 14.5. The highest BCUT2D eigenvalue weighted by atomic mass is 32.2. The first-order valence-electron chi connectivity index (χ1n) is 7.65. The van der Waals surface area contributed by atoms with Gasteiger partial charge in [0, 0.05) is 11.5 Å². The molecule has 1 N–H and O–H groups in total.